The molecule has 94 valence electrons. The molecule has 4 heteroatoms. The molecule has 4 nitrogen and oxygen atoms in total. The molecule has 0 amide bonds. The van der Waals surface area contributed by atoms with E-state index in [1.807, 2.05) is 13.8 Å². The summed E-state index contributed by atoms with van der Waals surface area (Å²) in [6, 6.07) is 6.53. The molecule has 0 atom stereocenters. The molecule has 0 aliphatic rings. The lowest BCUT2D eigenvalue weighted by Crippen LogP contribution is -2.29. The zero-order chi connectivity index (χ0) is 12.7. The minimum atomic E-state index is -0.793. The lowest BCUT2D eigenvalue weighted by Gasteiger charge is -2.15. The second-order valence-corrected chi connectivity index (χ2v) is 3.55. The van der Waals surface area contributed by atoms with E-state index in [9.17, 15) is 4.79 Å². The Kier molecular flexibility index (Phi) is 5.66. The van der Waals surface area contributed by atoms with E-state index in [1.54, 1.807) is 24.3 Å². The second-order valence-electron chi connectivity index (χ2n) is 3.55. The van der Waals surface area contributed by atoms with Gasteiger partial charge in [-0.3, -0.25) is 4.79 Å². The van der Waals surface area contributed by atoms with Gasteiger partial charge in [0, 0.05) is 19.6 Å². The fraction of sp³-hybridized carbons (Fsp3) is 0.462. The number of ether oxygens (including phenoxy) is 2. The van der Waals surface area contributed by atoms with Gasteiger partial charge in [-0.1, -0.05) is 12.1 Å². The molecule has 1 aromatic carbocycles. The Morgan fingerprint density at radius 2 is 1.71 bits per heavy atom. The third-order valence-electron chi connectivity index (χ3n) is 2.21. The van der Waals surface area contributed by atoms with Crippen molar-refractivity contribution in [3.8, 4) is 5.75 Å². The van der Waals surface area contributed by atoms with Gasteiger partial charge >= 0.3 is 0 Å². The van der Waals surface area contributed by atoms with Crippen molar-refractivity contribution in [2.75, 3.05) is 13.2 Å². The van der Waals surface area contributed by atoms with Gasteiger partial charge in [-0.25, -0.2) is 0 Å². The van der Waals surface area contributed by atoms with E-state index in [1.165, 1.54) is 0 Å². The van der Waals surface area contributed by atoms with Gasteiger partial charge in [0.1, 0.15) is 5.75 Å². The zero-order valence-corrected chi connectivity index (χ0v) is 10.2. The van der Waals surface area contributed by atoms with Gasteiger partial charge in [0.15, 0.2) is 5.78 Å². The average Bonchev–Trinajstić information content (AvgIpc) is 2.32. The maximum absolute atomic E-state index is 11.9. The molecule has 0 bridgehead atoms. The van der Waals surface area contributed by atoms with E-state index in [-0.39, 0.29) is 18.0 Å². The highest BCUT2D eigenvalue weighted by molar-refractivity contribution is 5.84. The van der Waals surface area contributed by atoms with Crippen molar-refractivity contribution in [1.82, 2.24) is 0 Å². The fourth-order valence-electron chi connectivity index (χ4n) is 1.44. The summed E-state index contributed by atoms with van der Waals surface area (Å²) in [5.41, 5.74) is 0.831. The molecule has 0 aliphatic carbocycles. The lowest BCUT2D eigenvalue weighted by atomic mass is 10.1. The number of phenolic OH excluding ortho intramolecular Hbond substituents is 1. The van der Waals surface area contributed by atoms with Gasteiger partial charge in [0.25, 0.3) is 0 Å². The summed E-state index contributed by atoms with van der Waals surface area (Å²) < 4.78 is 10.4. The molecule has 1 N–H and O–H groups in total. The van der Waals surface area contributed by atoms with Gasteiger partial charge in [0.2, 0.25) is 6.29 Å². The third kappa shape index (κ3) is 4.54. The van der Waals surface area contributed by atoms with E-state index >= 15 is 0 Å². The van der Waals surface area contributed by atoms with E-state index in [4.69, 9.17) is 14.6 Å². The van der Waals surface area contributed by atoms with Crippen molar-refractivity contribution in [3.05, 3.63) is 29.8 Å². The van der Waals surface area contributed by atoms with Crippen LogP contribution in [0.15, 0.2) is 24.3 Å². The van der Waals surface area contributed by atoms with Crippen LogP contribution in [0.25, 0.3) is 0 Å². The Morgan fingerprint density at radius 1 is 1.18 bits per heavy atom. The number of hydrogen-bond acceptors (Lipinski definition) is 4. The van der Waals surface area contributed by atoms with E-state index < -0.39 is 6.29 Å². The number of rotatable bonds is 7. The first-order valence-electron chi connectivity index (χ1n) is 5.71. The van der Waals surface area contributed by atoms with Gasteiger partial charge in [-0.05, 0) is 31.5 Å². The molecule has 0 fully saturated rings. The Balaban J connectivity index is 2.59. The highest BCUT2D eigenvalue weighted by atomic mass is 16.7. The van der Waals surface area contributed by atoms with Crippen LogP contribution in [0, 0.1) is 0 Å². The van der Waals surface area contributed by atoms with Crippen molar-refractivity contribution < 1.29 is 19.4 Å². The summed E-state index contributed by atoms with van der Waals surface area (Å²) in [6.45, 7) is 4.51. The normalized spacial score (nSPS) is 10.8. The van der Waals surface area contributed by atoms with Crippen LogP contribution in [0.3, 0.4) is 0 Å². The maximum atomic E-state index is 11.9. The summed E-state index contributed by atoms with van der Waals surface area (Å²) in [6.07, 6.45) is -0.552. The minimum absolute atomic E-state index is 0.112. The highest BCUT2D eigenvalue weighted by Gasteiger charge is 2.18. The summed E-state index contributed by atoms with van der Waals surface area (Å²) in [5.74, 6) is 0.0757. The number of phenols is 1. The monoisotopic (exact) mass is 238 g/mol. The average molecular weight is 238 g/mol. The van der Waals surface area contributed by atoms with E-state index in [0.717, 1.165) is 5.56 Å². The van der Waals surface area contributed by atoms with E-state index in [0.29, 0.717) is 13.2 Å². The van der Waals surface area contributed by atoms with Gasteiger partial charge in [0.05, 0.1) is 0 Å². The van der Waals surface area contributed by atoms with Crippen molar-refractivity contribution in [2.45, 2.75) is 26.6 Å². The maximum Gasteiger partial charge on any atom is 0.218 e. The predicted octanol–water partition coefficient (Wildman–Crippen LogP) is 1.90. The summed E-state index contributed by atoms with van der Waals surface area (Å²) in [4.78, 5) is 11.9. The molecule has 0 unspecified atom stereocenters. The third-order valence-corrected chi connectivity index (χ3v) is 2.21. The molecular weight excluding hydrogens is 220 g/mol. The Morgan fingerprint density at radius 3 is 2.18 bits per heavy atom. The molecule has 0 aliphatic heterocycles. The molecule has 1 aromatic rings. The molecule has 0 heterocycles. The lowest BCUT2D eigenvalue weighted by molar-refractivity contribution is -0.167. The quantitative estimate of drug-likeness (QED) is 0.737. The van der Waals surface area contributed by atoms with Crippen LogP contribution in [0.1, 0.15) is 19.4 Å². The molecular formula is C13H18O4. The summed E-state index contributed by atoms with van der Waals surface area (Å²) in [5, 5.41) is 9.13. The van der Waals surface area contributed by atoms with E-state index in [2.05, 4.69) is 0 Å². The molecule has 0 aromatic heterocycles. The number of carbonyl (C=O) groups excluding carboxylic acids is 1. The SMILES string of the molecule is CCOC(OCC)C(=O)Cc1ccc(O)cc1. The second kappa shape index (κ2) is 7.04. The molecule has 1 rings (SSSR count). The number of Topliss-reactive ketones (excluding diaryl/α,β-unsaturated/α-hetero) is 1. The number of benzene rings is 1. The van der Waals surface area contributed by atoms with Crippen LogP contribution in [0.4, 0.5) is 0 Å². The van der Waals surface area contributed by atoms with Crippen molar-refractivity contribution in [1.29, 1.82) is 0 Å². The van der Waals surface area contributed by atoms with Crippen LogP contribution in [0.2, 0.25) is 0 Å². The standard InChI is InChI=1S/C13H18O4/c1-3-16-13(17-4-2)12(15)9-10-5-7-11(14)8-6-10/h5-8,13-14H,3-4,9H2,1-2H3. The first kappa shape index (κ1) is 13.7. The molecule has 17 heavy (non-hydrogen) atoms. The first-order valence-corrected chi connectivity index (χ1v) is 5.71. The van der Waals surface area contributed by atoms with Crippen LogP contribution >= 0.6 is 0 Å². The van der Waals surface area contributed by atoms with Crippen LogP contribution in [-0.4, -0.2) is 30.4 Å². The number of carbonyl (C=O) groups is 1. The van der Waals surface area contributed by atoms with Gasteiger partial charge < -0.3 is 14.6 Å². The fourth-order valence-corrected chi connectivity index (χ4v) is 1.44. The van der Waals surface area contributed by atoms with Gasteiger partial charge in [-0.15, -0.1) is 0 Å². The van der Waals surface area contributed by atoms with Gasteiger partial charge in [-0.2, -0.15) is 0 Å². The molecule has 0 saturated heterocycles. The van der Waals surface area contributed by atoms with Crippen molar-refractivity contribution in [2.24, 2.45) is 0 Å². The predicted molar refractivity (Wildman–Crippen MR) is 63.9 cm³/mol. The Labute approximate surface area is 101 Å². The molecule has 0 saturated carbocycles. The molecule has 0 radical (unpaired) electrons. The topological polar surface area (TPSA) is 55.8 Å². The van der Waals surface area contributed by atoms with Crippen LogP contribution < -0.4 is 0 Å². The number of hydrogen-bond donors (Lipinski definition) is 1. The minimum Gasteiger partial charge on any atom is -0.508 e. The largest absolute Gasteiger partial charge is 0.508 e. The number of ketones is 1. The Hall–Kier alpha value is -1.39. The number of aromatic hydroxyl groups is 1. The first-order chi connectivity index (χ1) is 8.17. The molecule has 0 spiro atoms. The smallest absolute Gasteiger partial charge is 0.218 e. The van der Waals surface area contributed by atoms with Crippen LogP contribution in [-0.2, 0) is 20.7 Å². The summed E-state index contributed by atoms with van der Waals surface area (Å²) in [7, 11) is 0. The van der Waals surface area contributed by atoms with Crippen molar-refractivity contribution in [3.63, 3.8) is 0 Å². The van der Waals surface area contributed by atoms with Crippen molar-refractivity contribution >= 4 is 5.78 Å². The van der Waals surface area contributed by atoms with Crippen LogP contribution in [0.5, 0.6) is 5.75 Å². The zero-order valence-electron chi connectivity index (χ0n) is 10.2. The highest BCUT2D eigenvalue weighted by Crippen LogP contribution is 2.11. The Bertz CT molecular complexity index is 339. The summed E-state index contributed by atoms with van der Waals surface area (Å²) >= 11 is 0.